The van der Waals surface area contributed by atoms with Crippen molar-refractivity contribution in [1.82, 2.24) is 20.1 Å². The molecule has 0 N–H and O–H groups in total. The molecule has 1 amide bonds. The van der Waals surface area contributed by atoms with Crippen molar-refractivity contribution in [2.45, 2.75) is 33.0 Å². The Labute approximate surface area is 176 Å². The van der Waals surface area contributed by atoms with Crippen LogP contribution in [0.15, 0.2) is 47.0 Å². The highest BCUT2D eigenvalue weighted by molar-refractivity contribution is 6.00. The first-order valence-electron chi connectivity index (χ1n) is 9.57. The van der Waals surface area contributed by atoms with Gasteiger partial charge in [0, 0.05) is 25.7 Å². The third-order valence-electron chi connectivity index (χ3n) is 4.58. The zero-order valence-corrected chi connectivity index (χ0v) is 17.2. The number of carbonyl (C=O) groups is 1. The number of hydrogen-bond acceptors (Lipinski definition) is 6. The average molecular weight is 434 g/mol. The Kier molecular flexibility index (Phi) is 6.57. The summed E-state index contributed by atoms with van der Waals surface area (Å²) in [6.07, 6.45) is -3.75. The lowest BCUT2D eigenvalue weighted by molar-refractivity contribution is -0.137. The molecule has 0 saturated carbocycles. The van der Waals surface area contributed by atoms with Crippen LogP contribution in [0.25, 0.3) is 11.5 Å². The van der Waals surface area contributed by atoms with E-state index in [1.807, 2.05) is 6.92 Å². The third-order valence-corrected chi connectivity index (χ3v) is 4.58. The Morgan fingerprint density at radius 1 is 1.19 bits per heavy atom. The quantitative estimate of drug-likeness (QED) is 0.549. The van der Waals surface area contributed by atoms with Gasteiger partial charge in [-0.2, -0.15) is 13.2 Å². The summed E-state index contributed by atoms with van der Waals surface area (Å²) in [6.45, 7) is 5.71. The SMILES string of the molecule is CCN(C(=O)c1ccccc1-c1nnc(C)o1)[C@@H](C)COc1ccc(C(F)(F)F)cn1. The Morgan fingerprint density at radius 3 is 2.52 bits per heavy atom. The van der Waals surface area contributed by atoms with Gasteiger partial charge in [-0.05, 0) is 32.0 Å². The van der Waals surface area contributed by atoms with Crippen molar-refractivity contribution in [2.24, 2.45) is 0 Å². The van der Waals surface area contributed by atoms with Crippen LogP contribution in [-0.4, -0.2) is 45.2 Å². The molecule has 7 nitrogen and oxygen atoms in total. The molecule has 3 aromatic rings. The van der Waals surface area contributed by atoms with E-state index in [0.29, 0.717) is 29.8 Å². The lowest BCUT2D eigenvalue weighted by Gasteiger charge is -2.28. The highest BCUT2D eigenvalue weighted by atomic mass is 19.4. The summed E-state index contributed by atoms with van der Waals surface area (Å²) in [6, 6.07) is 8.58. The molecular weight excluding hydrogens is 413 g/mol. The van der Waals surface area contributed by atoms with Gasteiger partial charge in [0.05, 0.1) is 22.7 Å². The molecule has 0 spiro atoms. The van der Waals surface area contributed by atoms with Gasteiger partial charge in [0.1, 0.15) is 6.61 Å². The fourth-order valence-electron chi connectivity index (χ4n) is 3.00. The van der Waals surface area contributed by atoms with Gasteiger partial charge in [-0.1, -0.05) is 12.1 Å². The van der Waals surface area contributed by atoms with Gasteiger partial charge in [0.2, 0.25) is 17.7 Å². The van der Waals surface area contributed by atoms with Crippen LogP contribution < -0.4 is 4.74 Å². The second-order valence-electron chi connectivity index (χ2n) is 6.81. The minimum Gasteiger partial charge on any atom is -0.475 e. The van der Waals surface area contributed by atoms with E-state index in [-0.39, 0.29) is 30.3 Å². The molecule has 10 heteroatoms. The Morgan fingerprint density at radius 2 is 1.94 bits per heavy atom. The second kappa shape index (κ2) is 9.15. The molecule has 2 heterocycles. The van der Waals surface area contributed by atoms with E-state index in [1.54, 1.807) is 43.0 Å². The van der Waals surface area contributed by atoms with Crippen molar-refractivity contribution in [3.8, 4) is 17.3 Å². The predicted octanol–water partition coefficient (Wildman–Crippen LogP) is 4.39. The van der Waals surface area contributed by atoms with Gasteiger partial charge in [0.25, 0.3) is 5.91 Å². The summed E-state index contributed by atoms with van der Waals surface area (Å²) in [5, 5.41) is 7.80. The predicted molar refractivity (Wildman–Crippen MR) is 105 cm³/mol. The van der Waals surface area contributed by atoms with Crippen molar-refractivity contribution in [3.63, 3.8) is 0 Å². The lowest BCUT2D eigenvalue weighted by Crippen LogP contribution is -2.42. The van der Waals surface area contributed by atoms with Crippen LogP contribution in [0, 0.1) is 6.92 Å². The number of halogens is 3. The number of nitrogens with zero attached hydrogens (tertiary/aromatic N) is 4. The number of carbonyl (C=O) groups excluding carboxylic acids is 1. The Bertz CT molecular complexity index is 1030. The molecule has 0 radical (unpaired) electrons. The number of hydrogen-bond donors (Lipinski definition) is 0. The maximum absolute atomic E-state index is 13.2. The molecule has 1 atom stereocenters. The summed E-state index contributed by atoms with van der Waals surface area (Å²) in [5.74, 6) is 0.418. The molecule has 2 aromatic heterocycles. The van der Waals surface area contributed by atoms with Crippen LogP contribution in [0.4, 0.5) is 13.2 Å². The van der Waals surface area contributed by atoms with E-state index in [9.17, 15) is 18.0 Å². The molecule has 164 valence electrons. The number of benzene rings is 1. The van der Waals surface area contributed by atoms with Gasteiger partial charge in [0.15, 0.2) is 0 Å². The molecule has 0 aliphatic rings. The second-order valence-corrected chi connectivity index (χ2v) is 6.81. The number of pyridine rings is 1. The highest BCUT2D eigenvalue weighted by Gasteiger charge is 2.31. The smallest absolute Gasteiger partial charge is 0.417 e. The Hall–Kier alpha value is -3.43. The number of likely N-dealkylation sites (N-methyl/N-ethyl adjacent to an activating group) is 1. The maximum Gasteiger partial charge on any atom is 0.417 e. The van der Waals surface area contributed by atoms with E-state index >= 15 is 0 Å². The van der Waals surface area contributed by atoms with Crippen LogP contribution in [0.5, 0.6) is 5.88 Å². The molecule has 0 aliphatic carbocycles. The molecule has 0 saturated heterocycles. The number of alkyl halides is 3. The standard InChI is InChI=1S/C21H21F3N4O3/c1-4-28(13(2)12-30-18-10-9-15(11-25-18)21(22,23)24)20(29)17-8-6-5-7-16(17)19-27-26-14(3)31-19/h5-11,13H,4,12H2,1-3H3/t13-/m0/s1. The number of aromatic nitrogens is 3. The van der Waals surface area contributed by atoms with Gasteiger partial charge in [-0.15, -0.1) is 10.2 Å². The first-order valence-corrected chi connectivity index (χ1v) is 9.57. The minimum absolute atomic E-state index is 0.0464. The fraction of sp³-hybridized carbons (Fsp3) is 0.333. The lowest BCUT2D eigenvalue weighted by atomic mass is 10.1. The summed E-state index contributed by atoms with van der Waals surface area (Å²) < 4.78 is 48.9. The van der Waals surface area contributed by atoms with E-state index in [4.69, 9.17) is 9.15 Å². The van der Waals surface area contributed by atoms with Gasteiger partial charge in [-0.3, -0.25) is 4.79 Å². The van der Waals surface area contributed by atoms with E-state index in [0.717, 1.165) is 12.1 Å². The van der Waals surface area contributed by atoms with Crippen LogP contribution in [-0.2, 0) is 6.18 Å². The molecule has 3 rings (SSSR count). The molecule has 1 aromatic carbocycles. The van der Waals surface area contributed by atoms with Crippen molar-refractivity contribution >= 4 is 5.91 Å². The molecule has 31 heavy (non-hydrogen) atoms. The van der Waals surface area contributed by atoms with Crippen molar-refractivity contribution < 1.29 is 27.1 Å². The molecule has 0 fully saturated rings. The van der Waals surface area contributed by atoms with Crippen molar-refractivity contribution in [3.05, 3.63) is 59.6 Å². The van der Waals surface area contributed by atoms with Gasteiger partial charge in [-0.25, -0.2) is 4.98 Å². The van der Waals surface area contributed by atoms with Crippen LogP contribution in [0.3, 0.4) is 0 Å². The van der Waals surface area contributed by atoms with E-state index in [1.165, 1.54) is 0 Å². The average Bonchev–Trinajstić information content (AvgIpc) is 3.18. The molecule has 0 aliphatic heterocycles. The molecule has 0 unspecified atom stereocenters. The van der Waals surface area contributed by atoms with Gasteiger partial charge >= 0.3 is 6.18 Å². The first kappa shape index (κ1) is 22.3. The number of aryl methyl sites for hydroxylation is 1. The summed E-state index contributed by atoms with van der Waals surface area (Å²) in [5.41, 5.74) is 0.0581. The normalized spacial score (nSPS) is 12.5. The molecule has 0 bridgehead atoms. The number of ether oxygens (including phenoxy) is 1. The fourth-order valence-corrected chi connectivity index (χ4v) is 3.00. The van der Waals surface area contributed by atoms with Gasteiger partial charge < -0.3 is 14.1 Å². The van der Waals surface area contributed by atoms with E-state index < -0.39 is 11.7 Å². The largest absolute Gasteiger partial charge is 0.475 e. The van der Waals surface area contributed by atoms with Crippen LogP contribution in [0.2, 0.25) is 0 Å². The topological polar surface area (TPSA) is 81.4 Å². The number of rotatable bonds is 7. The molecular formula is C21H21F3N4O3. The van der Waals surface area contributed by atoms with E-state index in [2.05, 4.69) is 15.2 Å². The third kappa shape index (κ3) is 5.19. The highest BCUT2D eigenvalue weighted by Crippen LogP contribution is 2.29. The monoisotopic (exact) mass is 434 g/mol. The zero-order valence-electron chi connectivity index (χ0n) is 17.2. The zero-order chi connectivity index (χ0) is 22.6. The summed E-state index contributed by atoms with van der Waals surface area (Å²) in [7, 11) is 0. The maximum atomic E-state index is 13.2. The number of amides is 1. The van der Waals surface area contributed by atoms with Crippen molar-refractivity contribution in [2.75, 3.05) is 13.2 Å². The minimum atomic E-state index is -4.46. The Balaban J connectivity index is 1.72. The van der Waals surface area contributed by atoms with Crippen molar-refractivity contribution in [1.29, 1.82) is 0 Å². The first-order chi connectivity index (χ1) is 14.7. The summed E-state index contributed by atoms with van der Waals surface area (Å²) >= 11 is 0. The van der Waals surface area contributed by atoms with Crippen LogP contribution in [0.1, 0.15) is 35.7 Å². The summed E-state index contributed by atoms with van der Waals surface area (Å²) in [4.78, 5) is 18.5. The van der Waals surface area contributed by atoms with Crippen LogP contribution >= 0.6 is 0 Å².